The minimum absolute atomic E-state index is 0.409. The van der Waals surface area contributed by atoms with E-state index in [1.165, 1.54) is 12.0 Å². The van der Waals surface area contributed by atoms with Crippen LogP contribution in [0, 0.1) is 6.92 Å². The molecule has 2 N–H and O–H groups in total. The number of hydrogen-bond acceptors (Lipinski definition) is 3. The van der Waals surface area contributed by atoms with Gasteiger partial charge in [-0.2, -0.15) is 0 Å². The molecule has 2 rings (SSSR count). The molecule has 19 heavy (non-hydrogen) atoms. The maximum atomic E-state index is 10.5. The Morgan fingerprint density at radius 2 is 2.00 bits per heavy atom. The largest absolute Gasteiger partial charge is 0.490 e. The molecule has 0 atom stereocenters. The highest BCUT2D eigenvalue weighted by Gasteiger charge is 2.30. The van der Waals surface area contributed by atoms with Crippen LogP contribution in [0.1, 0.15) is 43.2 Å². The molecule has 106 valence electrons. The van der Waals surface area contributed by atoms with Crippen LogP contribution in [0.5, 0.6) is 5.75 Å². The molecule has 3 heteroatoms. The van der Waals surface area contributed by atoms with E-state index in [9.17, 15) is 5.11 Å². The van der Waals surface area contributed by atoms with Gasteiger partial charge in [-0.25, -0.2) is 0 Å². The third-order valence-corrected chi connectivity index (χ3v) is 3.86. The highest BCUT2D eigenvalue weighted by Crippen LogP contribution is 2.29. The molecule has 0 amide bonds. The van der Waals surface area contributed by atoms with Crippen LogP contribution in [0.3, 0.4) is 0 Å². The molecular formula is C16H25NO2. The van der Waals surface area contributed by atoms with E-state index in [0.29, 0.717) is 6.61 Å². The molecule has 0 spiro atoms. The second kappa shape index (κ2) is 6.40. The molecule has 0 bridgehead atoms. The van der Waals surface area contributed by atoms with Gasteiger partial charge < -0.3 is 15.2 Å². The molecule has 1 aromatic rings. The van der Waals surface area contributed by atoms with Crippen molar-refractivity contribution in [3.63, 3.8) is 0 Å². The molecule has 0 heterocycles. The van der Waals surface area contributed by atoms with E-state index in [4.69, 9.17) is 4.74 Å². The zero-order chi connectivity index (χ0) is 13.7. The van der Waals surface area contributed by atoms with Crippen LogP contribution in [-0.4, -0.2) is 24.4 Å². The van der Waals surface area contributed by atoms with Crippen LogP contribution in [0.4, 0.5) is 0 Å². The predicted octanol–water partition coefficient (Wildman–Crippen LogP) is 2.79. The summed E-state index contributed by atoms with van der Waals surface area (Å²) in [5.74, 6) is 0.888. The van der Waals surface area contributed by atoms with Crippen LogP contribution < -0.4 is 10.1 Å². The number of benzene rings is 1. The maximum Gasteiger partial charge on any atom is 0.123 e. The Morgan fingerprint density at radius 3 is 2.68 bits per heavy atom. The van der Waals surface area contributed by atoms with Gasteiger partial charge in [0.25, 0.3) is 0 Å². The summed E-state index contributed by atoms with van der Waals surface area (Å²) < 4.78 is 5.90. The van der Waals surface area contributed by atoms with Crippen molar-refractivity contribution < 1.29 is 9.84 Å². The molecule has 0 radical (unpaired) electrons. The standard InChI is InChI=1S/C16H25NO2/c1-13-6-7-15(14(10-13)11-17-2)19-12-16(18)8-4-3-5-9-16/h6-7,10,17-18H,3-5,8-9,11-12H2,1-2H3. The number of hydrogen-bond donors (Lipinski definition) is 2. The van der Waals surface area contributed by atoms with E-state index in [-0.39, 0.29) is 0 Å². The van der Waals surface area contributed by atoms with Gasteiger partial charge in [-0.05, 0) is 32.9 Å². The summed E-state index contributed by atoms with van der Waals surface area (Å²) in [6.07, 6.45) is 5.17. The molecule has 3 nitrogen and oxygen atoms in total. The first-order valence-electron chi connectivity index (χ1n) is 7.22. The molecule has 1 aliphatic rings. The molecule has 1 fully saturated rings. The smallest absolute Gasteiger partial charge is 0.123 e. The Balaban J connectivity index is 2.02. The highest BCUT2D eigenvalue weighted by atomic mass is 16.5. The Kier molecular flexibility index (Phi) is 4.83. The van der Waals surface area contributed by atoms with Gasteiger partial charge in [0.2, 0.25) is 0 Å². The summed E-state index contributed by atoms with van der Waals surface area (Å²) in [5.41, 5.74) is 1.76. The SMILES string of the molecule is CNCc1cc(C)ccc1OCC1(O)CCCCC1. The van der Waals surface area contributed by atoms with Crippen LogP contribution in [0.15, 0.2) is 18.2 Å². The number of aryl methyl sites for hydroxylation is 1. The first-order valence-corrected chi connectivity index (χ1v) is 7.22. The van der Waals surface area contributed by atoms with Crippen molar-refractivity contribution in [1.82, 2.24) is 5.32 Å². The van der Waals surface area contributed by atoms with E-state index >= 15 is 0 Å². The quantitative estimate of drug-likeness (QED) is 0.858. The van der Waals surface area contributed by atoms with Crippen molar-refractivity contribution in [3.8, 4) is 5.75 Å². The van der Waals surface area contributed by atoms with E-state index in [2.05, 4.69) is 24.4 Å². The molecule has 0 unspecified atom stereocenters. The lowest BCUT2D eigenvalue weighted by Crippen LogP contribution is -2.38. The fraction of sp³-hybridized carbons (Fsp3) is 0.625. The number of ether oxygens (including phenoxy) is 1. The normalized spacial score (nSPS) is 18.3. The van der Waals surface area contributed by atoms with Crippen LogP contribution in [0.2, 0.25) is 0 Å². The van der Waals surface area contributed by atoms with E-state index in [1.54, 1.807) is 0 Å². The summed E-state index contributed by atoms with van der Waals surface area (Å²) in [6.45, 7) is 3.28. The molecule has 0 aliphatic heterocycles. The Bertz CT molecular complexity index is 411. The third-order valence-electron chi connectivity index (χ3n) is 3.86. The van der Waals surface area contributed by atoms with E-state index in [1.807, 2.05) is 13.1 Å². The summed E-state index contributed by atoms with van der Waals surface area (Å²) in [7, 11) is 1.93. The molecule has 0 saturated heterocycles. The van der Waals surface area contributed by atoms with Gasteiger partial charge in [-0.3, -0.25) is 0 Å². The lowest BCUT2D eigenvalue weighted by atomic mass is 9.85. The minimum atomic E-state index is -0.625. The van der Waals surface area contributed by atoms with Crippen LogP contribution in [0.25, 0.3) is 0 Å². The van der Waals surface area contributed by atoms with Gasteiger partial charge in [0.1, 0.15) is 12.4 Å². The van der Waals surface area contributed by atoms with Crippen molar-refractivity contribution in [2.45, 2.75) is 51.2 Å². The maximum absolute atomic E-state index is 10.5. The van der Waals surface area contributed by atoms with Gasteiger partial charge in [-0.1, -0.05) is 37.0 Å². The Labute approximate surface area is 116 Å². The first-order chi connectivity index (χ1) is 9.13. The molecular weight excluding hydrogens is 238 g/mol. The summed E-state index contributed by atoms with van der Waals surface area (Å²) in [4.78, 5) is 0. The fourth-order valence-corrected chi connectivity index (χ4v) is 2.74. The molecule has 0 aromatic heterocycles. The first kappa shape index (κ1) is 14.4. The van der Waals surface area contributed by atoms with Gasteiger partial charge in [0.05, 0.1) is 5.60 Å². The second-order valence-corrected chi connectivity index (χ2v) is 5.72. The van der Waals surface area contributed by atoms with Gasteiger partial charge >= 0.3 is 0 Å². The lowest BCUT2D eigenvalue weighted by Gasteiger charge is -2.32. The Morgan fingerprint density at radius 1 is 1.26 bits per heavy atom. The highest BCUT2D eigenvalue weighted by molar-refractivity contribution is 5.36. The van der Waals surface area contributed by atoms with Crippen molar-refractivity contribution in [1.29, 1.82) is 0 Å². The van der Waals surface area contributed by atoms with E-state index in [0.717, 1.165) is 43.5 Å². The monoisotopic (exact) mass is 263 g/mol. The van der Waals surface area contributed by atoms with Gasteiger partial charge in [-0.15, -0.1) is 0 Å². The lowest BCUT2D eigenvalue weighted by molar-refractivity contribution is -0.0341. The van der Waals surface area contributed by atoms with Gasteiger partial charge in [0, 0.05) is 12.1 Å². The molecule has 1 saturated carbocycles. The van der Waals surface area contributed by atoms with Crippen molar-refractivity contribution in [3.05, 3.63) is 29.3 Å². The summed E-state index contributed by atoms with van der Waals surface area (Å²) in [5, 5.41) is 13.6. The Hall–Kier alpha value is -1.06. The van der Waals surface area contributed by atoms with Crippen LogP contribution >= 0.6 is 0 Å². The topological polar surface area (TPSA) is 41.5 Å². The number of aliphatic hydroxyl groups is 1. The third kappa shape index (κ3) is 3.95. The average Bonchev–Trinajstić information content (AvgIpc) is 2.39. The average molecular weight is 263 g/mol. The summed E-state index contributed by atoms with van der Waals surface area (Å²) >= 11 is 0. The van der Waals surface area contributed by atoms with Crippen LogP contribution in [-0.2, 0) is 6.54 Å². The molecule has 1 aliphatic carbocycles. The van der Waals surface area contributed by atoms with Crippen molar-refractivity contribution in [2.75, 3.05) is 13.7 Å². The minimum Gasteiger partial charge on any atom is -0.490 e. The van der Waals surface area contributed by atoms with Gasteiger partial charge in [0.15, 0.2) is 0 Å². The predicted molar refractivity (Wildman–Crippen MR) is 77.5 cm³/mol. The molecule has 1 aromatic carbocycles. The zero-order valence-corrected chi connectivity index (χ0v) is 12.0. The fourth-order valence-electron chi connectivity index (χ4n) is 2.74. The van der Waals surface area contributed by atoms with Crippen molar-refractivity contribution in [2.24, 2.45) is 0 Å². The number of rotatable bonds is 5. The zero-order valence-electron chi connectivity index (χ0n) is 12.0. The summed E-state index contributed by atoms with van der Waals surface area (Å²) in [6, 6.07) is 6.20. The second-order valence-electron chi connectivity index (χ2n) is 5.72. The van der Waals surface area contributed by atoms with E-state index < -0.39 is 5.60 Å². The van der Waals surface area contributed by atoms with Crippen molar-refractivity contribution >= 4 is 0 Å². The number of nitrogens with one attached hydrogen (secondary N) is 1.